The molecule has 0 aromatic rings. The molecule has 0 spiro atoms. The summed E-state index contributed by atoms with van der Waals surface area (Å²) < 4.78 is 0. The van der Waals surface area contributed by atoms with Gasteiger partial charge in [-0.25, -0.2) is 0 Å². The van der Waals surface area contributed by atoms with Gasteiger partial charge in [0.2, 0.25) is 0 Å². The van der Waals surface area contributed by atoms with Crippen LogP contribution in [0.4, 0.5) is 0 Å². The fraction of sp³-hybridized carbons (Fsp3) is 1.00. The first kappa shape index (κ1) is 8.59. The minimum atomic E-state index is 1.04. The predicted molar refractivity (Wildman–Crippen MR) is 53.1 cm³/mol. The van der Waals surface area contributed by atoms with E-state index in [9.17, 15) is 0 Å². The van der Waals surface area contributed by atoms with Crippen molar-refractivity contribution >= 4 is 0 Å². The Hall–Kier alpha value is 0. The van der Waals surface area contributed by atoms with Crippen LogP contribution in [0, 0.1) is 17.8 Å². The van der Waals surface area contributed by atoms with Gasteiger partial charge in [0, 0.05) is 0 Å². The van der Waals surface area contributed by atoms with Crippen LogP contribution >= 0.6 is 0 Å². The lowest BCUT2D eigenvalue weighted by Gasteiger charge is -2.35. The molecule has 0 amide bonds. The van der Waals surface area contributed by atoms with Crippen molar-refractivity contribution in [2.24, 2.45) is 17.8 Å². The number of fused-ring (bicyclic) bond motifs is 2. The third-order valence-corrected chi connectivity index (χ3v) is 4.15. The smallest absolute Gasteiger partial charge is 0.0386 e. The monoisotopic (exact) mass is 166 g/mol. The summed E-state index contributed by atoms with van der Waals surface area (Å²) in [5, 5.41) is 0. The van der Waals surface area contributed by atoms with Gasteiger partial charge in [0.1, 0.15) is 0 Å². The molecule has 2 rings (SSSR count). The molecule has 0 nitrogen and oxygen atoms in total. The quantitative estimate of drug-likeness (QED) is 0.510. The zero-order chi connectivity index (χ0) is 8.39. The normalized spacial score (nSPS) is 43.2. The topological polar surface area (TPSA) is 0 Å². The summed E-state index contributed by atoms with van der Waals surface area (Å²) in [4.78, 5) is 0. The zero-order valence-electron chi connectivity index (χ0n) is 8.39. The predicted octanol–water partition coefficient (Wildman–Crippen LogP) is 4.00. The highest BCUT2D eigenvalue weighted by Crippen LogP contribution is 2.39. The second-order valence-electron chi connectivity index (χ2n) is 5.05. The van der Waals surface area contributed by atoms with Crippen molar-refractivity contribution in [3.8, 4) is 0 Å². The fourth-order valence-electron chi connectivity index (χ4n) is 3.25. The Morgan fingerprint density at radius 2 is 1.58 bits per heavy atom. The molecule has 0 aromatic heterocycles. The van der Waals surface area contributed by atoms with Crippen LogP contribution in [0.1, 0.15) is 58.3 Å². The summed E-state index contributed by atoms with van der Waals surface area (Å²) in [5.41, 5.74) is 0. The van der Waals surface area contributed by atoms with E-state index in [2.05, 4.69) is 6.92 Å². The molecule has 0 aliphatic heterocycles. The number of hydrogen-bond acceptors (Lipinski definition) is 0. The van der Waals surface area contributed by atoms with E-state index >= 15 is 0 Å². The Labute approximate surface area is 76.7 Å². The highest BCUT2D eigenvalue weighted by atomic mass is 14.3. The maximum absolute atomic E-state index is 2.48. The molecule has 0 N–H and O–H groups in total. The molecular formula is C12H22. The Morgan fingerprint density at radius 3 is 2.50 bits per heavy atom. The maximum atomic E-state index is 2.48. The first-order valence-electron chi connectivity index (χ1n) is 5.86. The minimum Gasteiger partial charge on any atom is -0.0622 e. The Kier molecular flexibility index (Phi) is 2.73. The standard InChI is InChI=1S/C12H22/c1-10-5-2-3-6-11-7-4-8-12(10)9-11/h10-12H,2-9H2,1H3/t10?,11-,12?/m1/s1. The highest BCUT2D eigenvalue weighted by molar-refractivity contribution is 4.78. The van der Waals surface area contributed by atoms with Crippen molar-refractivity contribution in [3.05, 3.63) is 0 Å². The Morgan fingerprint density at radius 1 is 0.833 bits per heavy atom. The van der Waals surface area contributed by atoms with E-state index in [1.165, 1.54) is 32.1 Å². The van der Waals surface area contributed by atoms with Gasteiger partial charge in [-0.1, -0.05) is 51.9 Å². The molecule has 70 valence electrons. The molecule has 3 atom stereocenters. The molecule has 0 heterocycles. The third kappa shape index (κ3) is 1.84. The average Bonchev–Trinajstić information content (AvgIpc) is 2.11. The van der Waals surface area contributed by atoms with Gasteiger partial charge >= 0.3 is 0 Å². The zero-order valence-corrected chi connectivity index (χ0v) is 8.39. The number of hydrogen-bond donors (Lipinski definition) is 0. The summed E-state index contributed by atoms with van der Waals surface area (Å²) >= 11 is 0. The third-order valence-electron chi connectivity index (χ3n) is 4.15. The molecule has 0 aromatic carbocycles. The molecule has 2 saturated carbocycles. The van der Waals surface area contributed by atoms with Crippen LogP contribution in [-0.4, -0.2) is 0 Å². The maximum Gasteiger partial charge on any atom is -0.0386 e. The van der Waals surface area contributed by atoms with Crippen LogP contribution in [0.3, 0.4) is 0 Å². The molecule has 2 aliphatic carbocycles. The van der Waals surface area contributed by atoms with Crippen molar-refractivity contribution in [1.82, 2.24) is 0 Å². The fourth-order valence-corrected chi connectivity index (χ4v) is 3.25. The molecule has 2 unspecified atom stereocenters. The Bertz CT molecular complexity index is 135. The summed E-state index contributed by atoms with van der Waals surface area (Å²) in [6, 6.07) is 0. The average molecular weight is 166 g/mol. The van der Waals surface area contributed by atoms with E-state index in [1.807, 2.05) is 0 Å². The van der Waals surface area contributed by atoms with Crippen LogP contribution < -0.4 is 0 Å². The summed E-state index contributed by atoms with van der Waals surface area (Å²) in [7, 11) is 0. The summed E-state index contributed by atoms with van der Waals surface area (Å²) in [6.07, 6.45) is 12.3. The van der Waals surface area contributed by atoms with Crippen LogP contribution in [0.15, 0.2) is 0 Å². The lowest BCUT2D eigenvalue weighted by molar-refractivity contribution is 0.167. The van der Waals surface area contributed by atoms with Crippen molar-refractivity contribution < 1.29 is 0 Å². The van der Waals surface area contributed by atoms with Crippen molar-refractivity contribution in [2.45, 2.75) is 58.3 Å². The molecule has 0 saturated heterocycles. The van der Waals surface area contributed by atoms with Gasteiger partial charge in [-0.15, -0.1) is 0 Å². The number of rotatable bonds is 0. The minimum absolute atomic E-state index is 1.04. The van der Waals surface area contributed by atoms with Crippen molar-refractivity contribution in [2.75, 3.05) is 0 Å². The highest BCUT2D eigenvalue weighted by Gasteiger charge is 2.27. The van der Waals surface area contributed by atoms with Crippen molar-refractivity contribution in [3.63, 3.8) is 0 Å². The largest absolute Gasteiger partial charge is 0.0622 e. The van der Waals surface area contributed by atoms with E-state index < -0.39 is 0 Å². The van der Waals surface area contributed by atoms with Crippen LogP contribution in [0.25, 0.3) is 0 Å². The first-order chi connectivity index (χ1) is 5.86. The molecule has 2 bridgehead atoms. The Balaban J connectivity index is 1.97. The van der Waals surface area contributed by atoms with Gasteiger partial charge in [0.05, 0.1) is 0 Å². The van der Waals surface area contributed by atoms with E-state index in [4.69, 9.17) is 0 Å². The van der Waals surface area contributed by atoms with Gasteiger partial charge in [0.15, 0.2) is 0 Å². The van der Waals surface area contributed by atoms with E-state index in [0.717, 1.165) is 17.8 Å². The molecule has 2 aliphatic rings. The lowest BCUT2D eigenvalue weighted by atomic mass is 9.71. The second-order valence-corrected chi connectivity index (χ2v) is 5.05. The molecule has 0 heteroatoms. The van der Waals surface area contributed by atoms with E-state index in [-0.39, 0.29) is 0 Å². The first-order valence-corrected chi connectivity index (χ1v) is 5.86. The SMILES string of the molecule is CC1CCCC[C@@H]2CCCC1C2. The van der Waals surface area contributed by atoms with Gasteiger partial charge < -0.3 is 0 Å². The molecular weight excluding hydrogens is 144 g/mol. The van der Waals surface area contributed by atoms with Crippen LogP contribution in [-0.2, 0) is 0 Å². The molecule has 0 radical (unpaired) electrons. The molecule has 2 fully saturated rings. The van der Waals surface area contributed by atoms with Gasteiger partial charge in [-0.05, 0) is 24.2 Å². The van der Waals surface area contributed by atoms with Gasteiger partial charge in [0.25, 0.3) is 0 Å². The summed E-state index contributed by atoms with van der Waals surface area (Å²) in [6.45, 7) is 2.48. The summed E-state index contributed by atoms with van der Waals surface area (Å²) in [5.74, 6) is 3.25. The van der Waals surface area contributed by atoms with E-state index in [0.29, 0.717) is 0 Å². The molecule has 12 heavy (non-hydrogen) atoms. The lowest BCUT2D eigenvalue weighted by Crippen LogP contribution is -2.23. The van der Waals surface area contributed by atoms with Crippen LogP contribution in [0.2, 0.25) is 0 Å². The van der Waals surface area contributed by atoms with Gasteiger partial charge in [-0.2, -0.15) is 0 Å². The van der Waals surface area contributed by atoms with Crippen molar-refractivity contribution in [1.29, 1.82) is 0 Å². The van der Waals surface area contributed by atoms with E-state index in [1.54, 1.807) is 19.3 Å². The second kappa shape index (κ2) is 3.81. The van der Waals surface area contributed by atoms with Gasteiger partial charge in [-0.3, -0.25) is 0 Å². The van der Waals surface area contributed by atoms with Crippen LogP contribution in [0.5, 0.6) is 0 Å².